The lowest BCUT2D eigenvalue weighted by Gasteiger charge is -2.10. The highest BCUT2D eigenvalue weighted by atomic mass is 19.1. The van der Waals surface area contributed by atoms with E-state index in [1.165, 1.54) is 15.4 Å². The van der Waals surface area contributed by atoms with Gasteiger partial charge in [-0.05, 0) is 5.92 Å². The van der Waals surface area contributed by atoms with E-state index < -0.39 is 6.67 Å². The van der Waals surface area contributed by atoms with Gasteiger partial charge in [-0.1, -0.05) is 13.8 Å². The Morgan fingerprint density at radius 2 is 2.26 bits per heavy atom. The van der Waals surface area contributed by atoms with Crippen LogP contribution < -0.4 is 5.56 Å². The first-order valence-electron chi connectivity index (χ1n) is 7.19. The third kappa shape index (κ3) is 2.40. The molecular weight excluding hydrogens is 299 g/mol. The van der Waals surface area contributed by atoms with E-state index in [4.69, 9.17) is 5.26 Å². The average Bonchev–Trinajstić information content (AvgIpc) is 3.13. The highest BCUT2D eigenvalue weighted by Gasteiger charge is 2.20. The van der Waals surface area contributed by atoms with Crippen LogP contribution in [0.5, 0.6) is 0 Å². The Labute approximate surface area is 131 Å². The Bertz CT molecular complexity index is 959. The fraction of sp³-hybridized carbons (Fsp3) is 0.333. The second-order valence-corrected chi connectivity index (χ2v) is 5.47. The Hall–Kier alpha value is -2.95. The summed E-state index contributed by atoms with van der Waals surface area (Å²) in [5.41, 5.74) is 1.94. The first kappa shape index (κ1) is 15.0. The summed E-state index contributed by atoms with van der Waals surface area (Å²) in [5.74, 6) is -0.0692. The van der Waals surface area contributed by atoms with Crippen LogP contribution in [-0.4, -0.2) is 31.1 Å². The van der Waals surface area contributed by atoms with E-state index in [1.54, 1.807) is 12.4 Å². The summed E-state index contributed by atoms with van der Waals surface area (Å²) in [6.07, 6.45) is 4.66. The molecule has 1 N–H and O–H groups in total. The zero-order chi connectivity index (χ0) is 16.6. The van der Waals surface area contributed by atoms with Gasteiger partial charge in [0, 0.05) is 23.5 Å². The number of halogens is 1. The average molecular weight is 314 g/mol. The van der Waals surface area contributed by atoms with Crippen LogP contribution in [0.15, 0.2) is 23.4 Å². The Morgan fingerprint density at radius 1 is 1.48 bits per heavy atom. The van der Waals surface area contributed by atoms with Crippen LogP contribution in [0.3, 0.4) is 0 Å². The summed E-state index contributed by atoms with van der Waals surface area (Å²) in [5, 5.41) is 16.0. The molecule has 0 saturated heterocycles. The Kier molecular flexibility index (Phi) is 3.70. The van der Waals surface area contributed by atoms with Gasteiger partial charge in [0.1, 0.15) is 18.3 Å². The largest absolute Gasteiger partial charge is 0.295 e. The summed E-state index contributed by atoms with van der Waals surface area (Å²) in [4.78, 5) is 17.2. The molecule has 0 aliphatic rings. The van der Waals surface area contributed by atoms with Gasteiger partial charge in [-0.3, -0.25) is 14.6 Å². The van der Waals surface area contributed by atoms with Crippen LogP contribution in [0.2, 0.25) is 0 Å². The SMILES string of the molecule is CC(C)c1c(-c2cnn(CCF)c2)nc2c(C#N)c[nH]n2c1=O. The molecule has 0 fully saturated rings. The van der Waals surface area contributed by atoms with Crippen LogP contribution in [0.4, 0.5) is 4.39 Å². The van der Waals surface area contributed by atoms with Crippen molar-refractivity contribution < 1.29 is 4.39 Å². The second-order valence-electron chi connectivity index (χ2n) is 5.47. The number of rotatable bonds is 4. The van der Waals surface area contributed by atoms with Crippen LogP contribution >= 0.6 is 0 Å². The van der Waals surface area contributed by atoms with Gasteiger partial charge in [-0.15, -0.1) is 0 Å². The van der Waals surface area contributed by atoms with Crippen molar-refractivity contribution >= 4 is 5.65 Å². The number of hydrogen-bond donors (Lipinski definition) is 1. The van der Waals surface area contributed by atoms with Crippen molar-refractivity contribution in [3.8, 4) is 17.3 Å². The molecule has 0 saturated carbocycles. The molecule has 3 aromatic heterocycles. The minimum Gasteiger partial charge on any atom is -0.295 e. The normalized spacial score (nSPS) is 11.3. The molecule has 0 unspecified atom stereocenters. The molecule has 0 aliphatic heterocycles. The van der Waals surface area contributed by atoms with Gasteiger partial charge in [0.15, 0.2) is 5.65 Å². The molecule has 3 rings (SSSR count). The first-order valence-corrected chi connectivity index (χ1v) is 7.19. The van der Waals surface area contributed by atoms with Gasteiger partial charge >= 0.3 is 0 Å². The molecule has 7 nitrogen and oxygen atoms in total. The molecule has 118 valence electrons. The van der Waals surface area contributed by atoms with Crippen LogP contribution in [0.25, 0.3) is 16.9 Å². The number of nitrogens with one attached hydrogen (secondary N) is 1. The number of H-pyrrole nitrogens is 1. The molecule has 0 spiro atoms. The summed E-state index contributed by atoms with van der Waals surface area (Å²) in [6.45, 7) is 3.42. The third-order valence-electron chi connectivity index (χ3n) is 3.62. The van der Waals surface area contributed by atoms with E-state index >= 15 is 0 Å². The Morgan fingerprint density at radius 3 is 2.91 bits per heavy atom. The van der Waals surface area contributed by atoms with Crippen LogP contribution in [-0.2, 0) is 6.54 Å². The summed E-state index contributed by atoms with van der Waals surface area (Å²) < 4.78 is 15.2. The number of aryl methyl sites for hydroxylation is 1. The lowest BCUT2D eigenvalue weighted by atomic mass is 10.00. The topological polar surface area (TPSA) is 91.8 Å². The van der Waals surface area contributed by atoms with Crippen LogP contribution in [0.1, 0.15) is 30.9 Å². The van der Waals surface area contributed by atoms with E-state index in [0.717, 1.165) is 0 Å². The lowest BCUT2D eigenvalue weighted by Crippen LogP contribution is -2.22. The quantitative estimate of drug-likeness (QED) is 0.795. The Balaban J connectivity index is 2.30. The highest BCUT2D eigenvalue weighted by molar-refractivity contribution is 5.67. The van der Waals surface area contributed by atoms with Crippen molar-refractivity contribution in [3.05, 3.63) is 40.1 Å². The molecule has 0 atom stereocenters. The zero-order valence-electron chi connectivity index (χ0n) is 12.7. The van der Waals surface area contributed by atoms with E-state index in [0.29, 0.717) is 16.8 Å². The van der Waals surface area contributed by atoms with Crippen molar-refractivity contribution in [1.29, 1.82) is 5.26 Å². The standard InChI is InChI=1S/C15H15FN6O/c1-9(2)12-13(11-7-18-21(8-11)4-3-16)20-14-10(5-17)6-19-22(14)15(12)23/h6-9,19H,3-4H2,1-2H3. The van der Waals surface area contributed by atoms with Crippen molar-refractivity contribution in [1.82, 2.24) is 24.4 Å². The maximum Gasteiger partial charge on any atom is 0.276 e. The van der Waals surface area contributed by atoms with Crippen molar-refractivity contribution in [2.75, 3.05) is 6.67 Å². The molecule has 0 aliphatic carbocycles. The number of alkyl halides is 1. The number of fused-ring (bicyclic) bond motifs is 1. The van der Waals surface area contributed by atoms with E-state index in [2.05, 4.69) is 15.2 Å². The maximum atomic E-state index is 12.7. The summed E-state index contributed by atoms with van der Waals surface area (Å²) >= 11 is 0. The number of nitriles is 1. The van der Waals surface area contributed by atoms with Gasteiger partial charge < -0.3 is 0 Å². The number of hydrogen-bond acceptors (Lipinski definition) is 4. The fourth-order valence-corrected chi connectivity index (χ4v) is 2.55. The molecular formula is C15H15FN6O. The minimum absolute atomic E-state index is 0.0692. The summed E-state index contributed by atoms with van der Waals surface area (Å²) in [7, 11) is 0. The predicted molar refractivity (Wildman–Crippen MR) is 81.8 cm³/mol. The first-order chi connectivity index (χ1) is 11.1. The van der Waals surface area contributed by atoms with Crippen molar-refractivity contribution in [2.45, 2.75) is 26.3 Å². The second kappa shape index (κ2) is 5.68. The van der Waals surface area contributed by atoms with Crippen molar-refractivity contribution in [2.24, 2.45) is 0 Å². The number of nitrogens with zero attached hydrogens (tertiary/aromatic N) is 5. The van der Waals surface area contributed by atoms with E-state index in [9.17, 15) is 9.18 Å². The van der Waals surface area contributed by atoms with Crippen molar-refractivity contribution in [3.63, 3.8) is 0 Å². The van der Waals surface area contributed by atoms with Gasteiger partial charge in [0.25, 0.3) is 5.56 Å². The van der Waals surface area contributed by atoms with Gasteiger partial charge in [-0.25, -0.2) is 13.9 Å². The smallest absolute Gasteiger partial charge is 0.276 e. The van der Waals surface area contributed by atoms with E-state index in [-0.39, 0.29) is 29.2 Å². The number of aromatic nitrogens is 5. The molecule has 23 heavy (non-hydrogen) atoms. The lowest BCUT2D eigenvalue weighted by molar-refractivity contribution is 0.427. The minimum atomic E-state index is -0.524. The van der Waals surface area contributed by atoms with Crippen LogP contribution in [0, 0.1) is 11.3 Å². The monoisotopic (exact) mass is 314 g/mol. The predicted octanol–water partition coefficient (Wildman–Crippen LogP) is 1.85. The number of aromatic amines is 1. The molecule has 0 radical (unpaired) electrons. The molecule has 3 aromatic rings. The third-order valence-corrected chi connectivity index (χ3v) is 3.62. The van der Waals surface area contributed by atoms with Gasteiger partial charge in [-0.2, -0.15) is 10.4 Å². The van der Waals surface area contributed by atoms with E-state index in [1.807, 2.05) is 19.9 Å². The van der Waals surface area contributed by atoms with Gasteiger partial charge in [0.05, 0.1) is 18.4 Å². The molecule has 8 heteroatoms. The van der Waals surface area contributed by atoms with Gasteiger partial charge in [0.2, 0.25) is 0 Å². The zero-order valence-corrected chi connectivity index (χ0v) is 12.7. The molecule has 0 amide bonds. The highest BCUT2D eigenvalue weighted by Crippen LogP contribution is 2.25. The molecule has 3 heterocycles. The molecule has 0 aromatic carbocycles. The summed E-state index contributed by atoms with van der Waals surface area (Å²) in [6, 6.07) is 2.01. The maximum absolute atomic E-state index is 12.7. The fourth-order valence-electron chi connectivity index (χ4n) is 2.55. The molecule has 0 bridgehead atoms.